The van der Waals surface area contributed by atoms with Gasteiger partial charge in [-0.05, 0) is 37.0 Å². The van der Waals surface area contributed by atoms with Crippen LogP contribution in [0.2, 0.25) is 0 Å². The summed E-state index contributed by atoms with van der Waals surface area (Å²) >= 11 is 0. The van der Waals surface area contributed by atoms with Gasteiger partial charge in [0.2, 0.25) is 0 Å². The minimum atomic E-state index is 0.835. The van der Waals surface area contributed by atoms with Crippen LogP contribution in [0.1, 0.15) is 29.6 Å². The fraction of sp³-hybridized carbons (Fsp3) is 0.375. The van der Waals surface area contributed by atoms with Gasteiger partial charge in [0.25, 0.3) is 0 Å². The second-order valence-electron chi connectivity index (χ2n) is 5.27. The first-order valence-corrected chi connectivity index (χ1v) is 7.13. The van der Waals surface area contributed by atoms with Crippen molar-refractivity contribution in [3.8, 4) is 0 Å². The summed E-state index contributed by atoms with van der Waals surface area (Å²) < 4.78 is 0. The zero-order chi connectivity index (χ0) is 14.1. The van der Waals surface area contributed by atoms with Crippen LogP contribution in [-0.2, 0) is 19.4 Å². The highest BCUT2D eigenvalue weighted by Gasteiger charge is 2.19. The lowest BCUT2D eigenvalue weighted by atomic mass is 9.98. The number of fused-ring (bicyclic) bond motifs is 1. The Morgan fingerprint density at radius 3 is 2.95 bits per heavy atom. The van der Waals surface area contributed by atoms with Gasteiger partial charge in [-0.2, -0.15) is 0 Å². The van der Waals surface area contributed by atoms with Crippen molar-refractivity contribution in [3.05, 3.63) is 46.9 Å². The third kappa shape index (κ3) is 2.33. The maximum atomic E-state index is 6.11. The summed E-state index contributed by atoms with van der Waals surface area (Å²) in [4.78, 5) is 11.3. The molecule has 1 aromatic carbocycles. The zero-order valence-corrected chi connectivity index (χ0v) is 12.1. The Morgan fingerprint density at radius 1 is 1.30 bits per heavy atom. The Morgan fingerprint density at radius 2 is 2.15 bits per heavy atom. The quantitative estimate of drug-likeness (QED) is 0.850. The molecule has 0 fully saturated rings. The number of aromatic nitrogens is 2. The van der Waals surface area contributed by atoms with E-state index in [1.165, 1.54) is 11.1 Å². The summed E-state index contributed by atoms with van der Waals surface area (Å²) in [5.74, 6) is 1.86. The van der Waals surface area contributed by atoms with Crippen LogP contribution in [0.4, 0.5) is 11.5 Å². The van der Waals surface area contributed by atoms with E-state index < -0.39 is 0 Å². The van der Waals surface area contributed by atoms with Crippen LogP contribution >= 0.6 is 0 Å². The molecule has 0 bridgehead atoms. The van der Waals surface area contributed by atoms with Crippen LogP contribution < -0.4 is 10.6 Å². The predicted octanol–water partition coefficient (Wildman–Crippen LogP) is 2.49. The molecule has 1 aliphatic rings. The summed E-state index contributed by atoms with van der Waals surface area (Å²) in [7, 11) is 0. The first-order valence-electron chi connectivity index (χ1n) is 7.13. The number of anilines is 2. The summed E-state index contributed by atoms with van der Waals surface area (Å²) in [5, 5.41) is 0. The van der Waals surface area contributed by atoms with E-state index in [1.807, 2.05) is 19.1 Å². The van der Waals surface area contributed by atoms with Gasteiger partial charge in [-0.1, -0.05) is 19.1 Å². The van der Waals surface area contributed by atoms with Crippen molar-refractivity contribution in [1.82, 2.24) is 9.97 Å². The molecule has 1 aliphatic heterocycles. The van der Waals surface area contributed by atoms with Crippen LogP contribution in [0.5, 0.6) is 0 Å². The minimum Gasteiger partial charge on any atom is -0.398 e. The van der Waals surface area contributed by atoms with Gasteiger partial charge in [0.05, 0.1) is 0 Å². The van der Waals surface area contributed by atoms with Crippen molar-refractivity contribution in [3.63, 3.8) is 0 Å². The molecule has 0 saturated heterocycles. The highest BCUT2D eigenvalue weighted by molar-refractivity contribution is 5.55. The largest absolute Gasteiger partial charge is 0.398 e. The van der Waals surface area contributed by atoms with Gasteiger partial charge >= 0.3 is 0 Å². The van der Waals surface area contributed by atoms with Crippen molar-refractivity contribution in [1.29, 1.82) is 0 Å². The summed E-state index contributed by atoms with van der Waals surface area (Å²) in [6.07, 6.45) is 1.95. The van der Waals surface area contributed by atoms with Crippen LogP contribution in [0.3, 0.4) is 0 Å². The van der Waals surface area contributed by atoms with Crippen LogP contribution in [-0.4, -0.2) is 16.5 Å². The Labute approximate surface area is 119 Å². The lowest BCUT2D eigenvalue weighted by Gasteiger charge is -2.30. The van der Waals surface area contributed by atoms with Crippen LogP contribution in [0, 0.1) is 6.92 Å². The molecule has 3 rings (SSSR count). The number of benzene rings is 1. The lowest BCUT2D eigenvalue weighted by Crippen LogP contribution is -2.32. The van der Waals surface area contributed by atoms with Gasteiger partial charge in [-0.3, -0.25) is 0 Å². The highest BCUT2D eigenvalue weighted by Crippen LogP contribution is 2.27. The Kier molecular flexibility index (Phi) is 3.30. The number of hydrogen-bond acceptors (Lipinski definition) is 4. The Balaban J connectivity index is 1.94. The summed E-state index contributed by atoms with van der Waals surface area (Å²) in [6, 6.07) is 8.28. The Hall–Kier alpha value is -2.10. The number of nitrogens with zero attached hydrogens (tertiary/aromatic N) is 3. The molecule has 0 atom stereocenters. The third-order valence-corrected chi connectivity index (χ3v) is 3.87. The number of nitrogens with two attached hydrogens (primary N) is 1. The molecule has 0 saturated carbocycles. The molecule has 0 amide bonds. The minimum absolute atomic E-state index is 0.835. The Bertz CT molecular complexity index is 636. The zero-order valence-electron chi connectivity index (χ0n) is 12.1. The topological polar surface area (TPSA) is 55.0 Å². The first kappa shape index (κ1) is 12.9. The summed E-state index contributed by atoms with van der Waals surface area (Å²) in [5.41, 5.74) is 10.7. The summed E-state index contributed by atoms with van der Waals surface area (Å²) in [6.45, 7) is 5.89. The van der Waals surface area contributed by atoms with E-state index in [-0.39, 0.29) is 0 Å². The molecule has 0 aliphatic carbocycles. The predicted molar refractivity (Wildman–Crippen MR) is 81.8 cm³/mol. The fourth-order valence-electron chi connectivity index (χ4n) is 2.76. The second-order valence-corrected chi connectivity index (χ2v) is 5.27. The highest BCUT2D eigenvalue weighted by atomic mass is 15.2. The molecular weight excluding hydrogens is 248 g/mol. The molecule has 0 spiro atoms. The molecule has 104 valence electrons. The third-order valence-electron chi connectivity index (χ3n) is 3.87. The van der Waals surface area contributed by atoms with E-state index in [1.54, 1.807) is 0 Å². The maximum absolute atomic E-state index is 6.11. The van der Waals surface area contributed by atoms with Crippen molar-refractivity contribution in [2.75, 3.05) is 17.2 Å². The van der Waals surface area contributed by atoms with E-state index in [2.05, 4.69) is 33.9 Å². The number of rotatable bonds is 2. The normalized spacial score (nSPS) is 14.2. The van der Waals surface area contributed by atoms with Gasteiger partial charge < -0.3 is 10.6 Å². The molecule has 0 unspecified atom stereocenters. The number of hydrogen-bond donors (Lipinski definition) is 1. The van der Waals surface area contributed by atoms with Gasteiger partial charge in [0, 0.05) is 30.5 Å². The van der Waals surface area contributed by atoms with E-state index in [4.69, 9.17) is 5.73 Å². The fourth-order valence-corrected chi connectivity index (χ4v) is 2.76. The molecular formula is C16H20N4. The van der Waals surface area contributed by atoms with Gasteiger partial charge in [-0.15, -0.1) is 0 Å². The average Bonchev–Trinajstić information content (AvgIpc) is 2.46. The van der Waals surface area contributed by atoms with E-state index in [0.717, 1.165) is 49.0 Å². The first-order chi connectivity index (χ1) is 9.67. The van der Waals surface area contributed by atoms with Crippen molar-refractivity contribution >= 4 is 11.5 Å². The lowest BCUT2D eigenvalue weighted by molar-refractivity contribution is 0.716. The molecule has 1 aromatic heterocycles. The monoisotopic (exact) mass is 268 g/mol. The van der Waals surface area contributed by atoms with Gasteiger partial charge in [0.15, 0.2) is 0 Å². The molecule has 4 heteroatoms. The number of aryl methyl sites for hydroxylation is 2. The number of nitrogen functional groups attached to an aromatic ring is 1. The van der Waals surface area contributed by atoms with E-state index in [0.29, 0.717) is 0 Å². The van der Waals surface area contributed by atoms with Crippen molar-refractivity contribution in [2.45, 2.75) is 33.2 Å². The standard InChI is InChI=1S/C16H20N4/c1-3-13-9-16(19-11(2)18-13)20-8-7-12-5-4-6-15(17)14(12)10-20/h4-6,9H,3,7-8,10,17H2,1-2H3. The van der Waals surface area contributed by atoms with E-state index >= 15 is 0 Å². The molecule has 2 N–H and O–H groups in total. The van der Waals surface area contributed by atoms with Gasteiger partial charge in [-0.25, -0.2) is 9.97 Å². The van der Waals surface area contributed by atoms with Crippen molar-refractivity contribution < 1.29 is 0 Å². The van der Waals surface area contributed by atoms with Crippen LogP contribution in [0.15, 0.2) is 24.3 Å². The second kappa shape index (κ2) is 5.12. The van der Waals surface area contributed by atoms with E-state index in [9.17, 15) is 0 Å². The average molecular weight is 268 g/mol. The smallest absolute Gasteiger partial charge is 0.132 e. The maximum Gasteiger partial charge on any atom is 0.132 e. The van der Waals surface area contributed by atoms with Crippen LogP contribution in [0.25, 0.3) is 0 Å². The SMILES string of the molecule is CCc1cc(N2CCc3cccc(N)c3C2)nc(C)n1. The molecule has 4 nitrogen and oxygen atoms in total. The molecule has 20 heavy (non-hydrogen) atoms. The van der Waals surface area contributed by atoms with Gasteiger partial charge in [0.1, 0.15) is 11.6 Å². The molecule has 2 heterocycles. The molecule has 0 radical (unpaired) electrons. The van der Waals surface area contributed by atoms with Crippen molar-refractivity contribution in [2.24, 2.45) is 0 Å². The molecule has 2 aromatic rings.